The first-order valence-corrected chi connectivity index (χ1v) is 7.02. The quantitative estimate of drug-likeness (QED) is 0.831. The van der Waals surface area contributed by atoms with E-state index < -0.39 is 0 Å². The van der Waals surface area contributed by atoms with Crippen LogP contribution in [0.2, 0.25) is 0 Å². The number of nitrogens with one attached hydrogen (secondary N) is 1. The number of ether oxygens (including phenoxy) is 1. The Bertz CT molecular complexity index is 673. The van der Waals surface area contributed by atoms with Crippen LogP contribution in [0.3, 0.4) is 0 Å². The Morgan fingerprint density at radius 1 is 1.30 bits per heavy atom. The number of para-hydroxylation sites is 1. The standard InChI is InChI=1S/C15H13BrN2O2/c16-9-5-6-12(17)11(7-9)15(19)18-13-8-20-14-4-2-1-3-10(13)14/h1-7,13H,8,17H2,(H,18,19). The fraction of sp³-hybridized carbons (Fsp3) is 0.133. The molecular weight excluding hydrogens is 320 g/mol. The summed E-state index contributed by atoms with van der Waals surface area (Å²) in [5.41, 5.74) is 7.76. The Balaban J connectivity index is 1.82. The molecule has 102 valence electrons. The summed E-state index contributed by atoms with van der Waals surface area (Å²) in [6.45, 7) is 0.443. The molecule has 2 aromatic rings. The Morgan fingerprint density at radius 2 is 2.10 bits per heavy atom. The van der Waals surface area contributed by atoms with Gasteiger partial charge < -0.3 is 15.8 Å². The number of carbonyl (C=O) groups is 1. The number of halogens is 1. The zero-order valence-corrected chi connectivity index (χ0v) is 12.2. The molecule has 4 nitrogen and oxygen atoms in total. The summed E-state index contributed by atoms with van der Waals surface area (Å²) in [4.78, 5) is 12.3. The van der Waals surface area contributed by atoms with E-state index in [0.717, 1.165) is 15.8 Å². The minimum atomic E-state index is -0.200. The molecule has 3 N–H and O–H groups in total. The summed E-state index contributed by atoms with van der Waals surface area (Å²) in [6.07, 6.45) is 0. The molecular formula is C15H13BrN2O2. The Kier molecular flexibility index (Phi) is 3.36. The molecule has 0 spiro atoms. The lowest BCUT2D eigenvalue weighted by Crippen LogP contribution is -2.30. The predicted molar refractivity (Wildman–Crippen MR) is 80.7 cm³/mol. The lowest BCUT2D eigenvalue weighted by molar-refractivity contribution is 0.0931. The number of hydrogen-bond acceptors (Lipinski definition) is 3. The summed E-state index contributed by atoms with van der Waals surface area (Å²) in [5, 5.41) is 2.95. The van der Waals surface area contributed by atoms with Crippen LogP contribution in [0, 0.1) is 0 Å². The first kappa shape index (κ1) is 13.0. The second-order valence-electron chi connectivity index (χ2n) is 4.61. The minimum Gasteiger partial charge on any atom is -0.491 e. The van der Waals surface area contributed by atoms with Crippen LogP contribution in [-0.2, 0) is 0 Å². The molecule has 1 aliphatic rings. The van der Waals surface area contributed by atoms with Crippen LogP contribution in [0.15, 0.2) is 46.9 Å². The van der Waals surface area contributed by atoms with Gasteiger partial charge in [0.05, 0.1) is 11.6 Å². The van der Waals surface area contributed by atoms with E-state index in [4.69, 9.17) is 10.5 Å². The van der Waals surface area contributed by atoms with Gasteiger partial charge in [0, 0.05) is 15.7 Å². The maximum absolute atomic E-state index is 12.3. The summed E-state index contributed by atoms with van der Waals surface area (Å²) < 4.78 is 6.37. The molecule has 0 radical (unpaired) electrons. The van der Waals surface area contributed by atoms with E-state index in [2.05, 4.69) is 21.2 Å². The Morgan fingerprint density at radius 3 is 2.95 bits per heavy atom. The molecule has 1 atom stereocenters. The lowest BCUT2D eigenvalue weighted by Gasteiger charge is -2.13. The van der Waals surface area contributed by atoms with Crippen molar-refractivity contribution >= 4 is 27.5 Å². The smallest absolute Gasteiger partial charge is 0.254 e. The van der Waals surface area contributed by atoms with Crippen LogP contribution in [0.25, 0.3) is 0 Å². The van der Waals surface area contributed by atoms with E-state index in [-0.39, 0.29) is 11.9 Å². The zero-order chi connectivity index (χ0) is 14.1. The van der Waals surface area contributed by atoms with Gasteiger partial charge in [-0.15, -0.1) is 0 Å². The number of fused-ring (bicyclic) bond motifs is 1. The summed E-state index contributed by atoms with van der Waals surface area (Å²) >= 11 is 3.34. The molecule has 0 fully saturated rings. The third-order valence-electron chi connectivity index (χ3n) is 3.27. The monoisotopic (exact) mass is 332 g/mol. The van der Waals surface area contributed by atoms with Crippen molar-refractivity contribution in [3.05, 3.63) is 58.1 Å². The topological polar surface area (TPSA) is 64.4 Å². The van der Waals surface area contributed by atoms with Crippen molar-refractivity contribution in [2.75, 3.05) is 12.3 Å². The molecule has 3 rings (SSSR count). The van der Waals surface area contributed by atoms with E-state index in [1.54, 1.807) is 18.2 Å². The summed E-state index contributed by atoms with van der Waals surface area (Å²) in [5.74, 6) is 0.620. The van der Waals surface area contributed by atoms with E-state index in [9.17, 15) is 4.79 Å². The molecule has 0 saturated heterocycles. The summed E-state index contributed by atoms with van der Waals surface area (Å²) in [7, 11) is 0. The van der Waals surface area contributed by atoms with Gasteiger partial charge in [0.2, 0.25) is 0 Å². The van der Waals surface area contributed by atoms with Crippen LogP contribution in [0.4, 0.5) is 5.69 Å². The lowest BCUT2D eigenvalue weighted by atomic mass is 10.1. The molecule has 5 heteroatoms. The number of benzene rings is 2. The van der Waals surface area contributed by atoms with E-state index in [1.807, 2.05) is 24.3 Å². The second-order valence-corrected chi connectivity index (χ2v) is 5.52. The minimum absolute atomic E-state index is 0.142. The zero-order valence-electron chi connectivity index (χ0n) is 10.6. The molecule has 2 aromatic carbocycles. The third-order valence-corrected chi connectivity index (χ3v) is 3.76. The van der Waals surface area contributed by atoms with Gasteiger partial charge in [-0.1, -0.05) is 34.1 Å². The van der Waals surface area contributed by atoms with Gasteiger partial charge in [0.15, 0.2) is 0 Å². The average Bonchev–Trinajstić information content (AvgIpc) is 2.85. The first-order chi connectivity index (χ1) is 9.65. The molecule has 0 saturated carbocycles. The molecule has 1 unspecified atom stereocenters. The molecule has 1 aliphatic heterocycles. The van der Waals surface area contributed by atoms with Gasteiger partial charge in [0.25, 0.3) is 5.91 Å². The van der Waals surface area contributed by atoms with Crippen molar-refractivity contribution < 1.29 is 9.53 Å². The molecule has 0 bridgehead atoms. The number of nitrogens with two attached hydrogens (primary N) is 1. The third kappa shape index (κ3) is 2.36. The first-order valence-electron chi connectivity index (χ1n) is 6.23. The fourth-order valence-electron chi connectivity index (χ4n) is 2.24. The van der Waals surface area contributed by atoms with Gasteiger partial charge in [-0.3, -0.25) is 4.79 Å². The number of amides is 1. The van der Waals surface area contributed by atoms with Crippen molar-refractivity contribution in [2.24, 2.45) is 0 Å². The fourth-order valence-corrected chi connectivity index (χ4v) is 2.60. The highest BCUT2D eigenvalue weighted by Crippen LogP contribution is 2.32. The Labute approximate surface area is 125 Å². The van der Waals surface area contributed by atoms with Gasteiger partial charge in [-0.05, 0) is 24.3 Å². The van der Waals surface area contributed by atoms with Crippen LogP contribution in [0.5, 0.6) is 5.75 Å². The highest BCUT2D eigenvalue weighted by molar-refractivity contribution is 9.10. The second kappa shape index (κ2) is 5.17. The normalized spacial score (nSPS) is 16.4. The van der Waals surface area contributed by atoms with Crippen molar-refractivity contribution in [3.8, 4) is 5.75 Å². The number of hydrogen-bond donors (Lipinski definition) is 2. The maximum atomic E-state index is 12.3. The number of rotatable bonds is 2. The highest BCUT2D eigenvalue weighted by Gasteiger charge is 2.25. The molecule has 1 amide bonds. The van der Waals surface area contributed by atoms with Crippen molar-refractivity contribution in [1.29, 1.82) is 0 Å². The van der Waals surface area contributed by atoms with Crippen molar-refractivity contribution in [1.82, 2.24) is 5.32 Å². The largest absolute Gasteiger partial charge is 0.491 e. The van der Waals surface area contributed by atoms with Gasteiger partial charge in [0.1, 0.15) is 12.4 Å². The van der Waals surface area contributed by atoms with Gasteiger partial charge >= 0.3 is 0 Å². The van der Waals surface area contributed by atoms with Crippen LogP contribution < -0.4 is 15.8 Å². The van der Waals surface area contributed by atoms with Crippen LogP contribution in [-0.4, -0.2) is 12.5 Å². The number of anilines is 1. The van der Waals surface area contributed by atoms with Crippen LogP contribution >= 0.6 is 15.9 Å². The molecule has 1 heterocycles. The highest BCUT2D eigenvalue weighted by atomic mass is 79.9. The summed E-state index contributed by atoms with van der Waals surface area (Å²) in [6, 6.07) is 12.8. The molecule has 0 aromatic heterocycles. The SMILES string of the molecule is Nc1ccc(Br)cc1C(=O)NC1COc2ccccc21. The van der Waals surface area contributed by atoms with E-state index in [0.29, 0.717) is 17.9 Å². The van der Waals surface area contributed by atoms with Crippen LogP contribution in [0.1, 0.15) is 22.0 Å². The Hall–Kier alpha value is -2.01. The molecule has 0 aliphatic carbocycles. The number of carbonyl (C=O) groups excluding carboxylic acids is 1. The predicted octanol–water partition coefficient (Wildman–Crippen LogP) is 2.89. The van der Waals surface area contributed by atoms with E-state index in [1.165, 1.54) is 0 Å². The van der Waals surface area contributed by atoms with Gasteiger partial charge in [-0.25, -0.2) is 0 Å². The van der Waals surface area contributed by atoms with E-state index >= 15 is 0 Å². The van der Waals surface area contributed by atoms with Crippen molar-refractivity contribution in [3.63, 3.8) is 0 Å². The number of nitrogen functional groups attached to an aromatic ring is 1. The van der Waals surface area contributed by atoms with Crippen molar-refractivity contribution in [2.45, 2.75) is 6.04 Å². The van der Waals surface area contributed by atoms with Gasteiger partial charge in [-0.2, -0.15) is 0 Å². The maximum Gasteiger partial charge on any atom is 0.254 e. The molecule has 20 heavy (non-hydrogen) atoms. The average molecular weight is 333 g/mol.